The Morgan fingerprint density at radius 1 is 1.22 bits per heavy atom. The van der Waals surface area contributed by atoms with Crippen LogP contribution in [0.4, 0.5) is 0 Å². The van der Waals surface area contributed by atoms with Gasteiger partial charge in [-0.1, -0.05) is 12.1 Å². The normalized spacial score (nSPS) is 22.3. The van der Waals surface area contributed by atoms with Crippen LogP contribution in [0.1, 0.15) is 5.56 Å². The maximum atomic E-state index is 3.57. The molecule has 100 valence electrons. The van der Waals surface area contributed by atoms with Crippen LogP contribution in [0.5, 0.6) is 0 Å². The topological polar surface area (TPSA) is 18.5 Å². The minimum atomic E-state index is 0.632. The lowest BCUT2D eigenvalue weighted by Crippen LogP contribution is -2.53. The van der Waals surface area contributed by atoms with Crippen molar-refractivity contribution >= 4 is 22.6 Å². The molecule has 1 aliphatic rings. The van der Waals surface area contributed by atoms with Gasteiger partial charge in [0.25, 0.3) is 0 Å². The molecule has 1 unspecified atom stereocenters. The smallest absolute Gasteiger partial charge is 0.0345 e. The summed E-state index contributed by atoms with van der Waals surface area (Å²) in [7, 11) is 4.43. The fourth-order valence-electron chi connectivity index (χ4n) is 2.31. The maximum absolute atomic E-state index is 3.57. The zero-order chi connectivity index (χ0) is 13.0. The Morgan fingerprint density at radius 3 is 2.67 bits per heavy atom. The SMILES string of the molecule is CN1CCN(C)C(CNCc2ccc(I)cc2)C1. The van der Waals surface area contributed by atoms with Crippen molar-refractivity contribution in [1.29, 1.82) is 0 Å². The molecule has 1 fully saturated rings. The Morgan fingerprint density at radius 2 is 1.94 bits per heavy atom. The van der Waals surface area contributed by atoms with E-state index in [4.69, 9.17) is 0 Å². The van der Waals surface area contributed by atoms with Crippen LogP contribution in [0, 0.1) is 3.57 Å². The molecule has 0 bridgehead atoms. The number of likely N-dealkylation sites (N-methyl/N-ethyl adjacent to an activating group) is 2. The van der Waals surface area contributed by atoms with E-state index in [9.17, 15) is 0 Å². The average molecular weight is 359 g/mol. The first-order chi connectivity index (χ1) is 8.65. The first-order valence-electron chi connectivity index (χ1n) is 6.49. The molecular formula is C14H22IN3. The van der Waals surface area contributed by atoms with Crippen molar-refractivity contribution in [1.82, 2.24) is 15.1 Å². The summed E-state index contributed by atoms with van der Waals surface area (Å²) >= 11 is 2.34. The second-order valence-electron chi connectivity index (χ2n) is 5.15. The molecule has 2 rings (SSSR count). The predicted octanol–water partition coefficient (Wildman–Crippen LogP) is 1.63. The quantitative estimate of drug-likeness (QED) is 0.825. The zero-order valence-corrected chi connectivity index (χ0v) is 13.4. The van der Waals surface area contributed by atoms with Gasteiger partial charge in [0.05, 0.1) is 0 Å². The molecule has 4 heteroatoms. The number of rotatable bonds is 4. The van der Waals surface area contributed by atoms with Crippen molar-refractivity contribution < 1.29 is 0 Å². The van der Waals surface area contributed by atoms with Crippen LogP contribution in [0.25, 0.3) is 0 Å². The summed E-state index contributed by atoms with van der Waals surface area (Å²) in [4.78, 5) is 4.87. The summed E-state index contributed by atoms with van der Waals surface area (Å²) in [6.45, 7) is 5.55. The van der Waals surface area contributed by atoms with Crippen LogP contribution in [0.2, 0.25) is 0 Å². The Hall–Kier alpha value is -0.170. The first kappa shape index (κ1) is 14.2. The summed E-state index contributed by atoms with van der Waals surface area (Å²) in [6.07, 6.45) is 0. The molecule has 0 aromatic heterocycles. The summed E-state index contributed by atoms with van der Waals surface area (Å²) < 4.78 is 1.30. The second kappa shape index (κ2) is 6.84. The molecule has 0 radical (unpaired) electrons. The number of hydrogen-bond acceptors (Lipinski definition) is 3. The number of nitrogens with one attached hydrogen (secondary N) is 1. The Kier molecular flexibility index (Phi) is 5.41. The van der Waals surface area contributed by atoms with E-state index in [2.05, 4.69) is 76.1 Å². The van der Waals surface area contributed by atoms with Crippen molar-refractivity contribution in [3.05, 3.63) is 33.4 Å². The molecule has 0 aliphatic carbocycles. The molecule has 0 saturated carbocycles. The van der Waals surface area contributed by atoms with Gasteiger partial charge in [0.15, 0.2) is 0 Å². The van der Waals surface area contributed by atoms with E-state index in [1.807, 2.05) is 0 Å². The van der Waals surface area contributed by atoms with Crippen LogP contribution in [0.3, 0.4) is 0 Å². The second-order valence-corrected chi connectivity index (χ2v) is 6.40. The molecule has 1 aromatic carbocycles. The monoisotopic (exact) mass is 359 g/mol. The van der Waals surface area contributed by atoms with Crippen LogP contribution in [-0.4, -0.2) is 56.1 Å². The van der Waals surface area contributed by atoms with E-state index in [-0.39, 0.29) is 0 Å². The van der Waals surface area contributed by atoms with E-state index >= 15 is 0 Å². The molecule has 18 heavy (non-hydrogen) atoms. The molecule has 1 N–H and O–H groups in total. The highest BCUT2D eigenvalue weighted by molar-refractivity contribution is 14.1. The molecule has 1 saturated heterocycles. The summed E-state index contributed by atoms with van der Waals surface area (Å²) in [6, 6.07) is 9.36. The van der Waals surface area contributed by atoms with Crippen molar-refractivity contribution in [2.45, 2.75) is 12.6 Å². The predicted molar refractivity (Wildman–Crippen MR) is 84.8 cm³/mol. The van der Waals surface area contributed by atoms with E-state index in [1.54, 1.807) is 0 Å². The number of piperazine rings is 1. The Labute approximate surface area is 124 Å². The summed E-state index contributed by atoms with van der Waals surface area (Å²) in [5.41, 5.74) is 1.36. The third kappa shape index (κ3) is 4.19. The minimum absolute atomic E-state index is 0.632. The lowest BCUT2D eigenvalue weighted by atomic mass is 10.1. The van der Waals surface area contributed by atoms with Gasteiger partial charge in [0.1, 0.15) is 0 Å². The van der Waals surface area contributed by atoms with Gasteiger partial charge in [-0.05, 0) is 54.4 Å². The van der Waals surface area contributed by atoms with Crippen molar-refractivity contribution in [3.8, 4) is 0 Å². The number of halogens is 1. The van der Waals surface area contributed by atoms with Gasteiger partial charge in [-0.25, -0.2) is 0 Å². The fraction of sp³-hybridized carbons (Fsp3) is 0.571. The van der Waals surface area contributed by atoms with Crippen molar-refractivity contribution in [2.24, 2.45) is 0 Å². The molecule has 0 spiro atoms. The largest absolute Gasteiger partial charge is 0.311 e. The third-order valence-corrected chi connectivity index (χ3v) is 4.32. The summed E-state index contributed by atoms with van der Waals surface area (Å²) in [5.74, 6) is 0. The van der Waals surface area contributed by atoms with Crippen LogP contribution < -0.4 is 5.32 Å². The molecule has 3 nitrogen and oxygen atoms in total. The Balaban J connectivity index is 1.76. The molecule has 1 heterocycles. The average Bonchev–Trinajstić information content (AvgIpc) is 2.36. The number of benzene rings is 1. The Bertz CT molecular complexity index is 366. The van der Waals surface area contributed by atoms with Crippen LogP contribution in [-0.2, 0) is 6.54 Å². The number of nitrogens with zero attached hydrogens (tertiary/aromatic N) is 2. The highest BCUT2D eigenvalue weighted by atomic mass is 127. The highest BCUT2D eigenvalue weighted by Crippen LogP contribution is 2.07. The standard InChI is InChI=1S/C14H22IN3/c1-17-7-8-18(2)14(11-17)10-16-9-12-3-5-13(15)6-4-12/h3-6,14,16H,7-11H2,1-2H3. The first-order valence-corrected chi connectivity index (χ1v) is 7.57. The summed E-state index contributed by atoms with van der Waals surface area (Å²) in [5, 5.41) is 3.57. The highest BCUT2D eigenvalue weighted by Gasteiger charge is 2.21. The van der Waals surface area contributed by atoms with Crippen LogP contribution in [0.15, 0.2) is 24.3 Å². The van der Waals surface area contributed by atoms with Gasteiger partial charge >= 0.3 is 0 Å². The molecule has 1 aliphatic heterocycles. The van der Waals surface area contributed by atoms with Gasteiger partial charge in [-0.3, -0.25) is 4.90 Å². The lowest BCUT2D eigenvalue weighted by molar-refractivity contribution is 0.113. The fourth-order valence-corrected chi connectivity index (χ4v) is 2.67. The van der Waals surface area contributed by atoms with Gasteiger partial charge in [-0.2, -0.15) is 0 Å². The van der Waals surface area contributed by atoms with Gasteiger partial charge in [0, 0.05) is 42.3 Å². The minimum Gasteiger partial charge on any atom is -0.311 e. The molecule has 0 amide bonds. The molecular weight excluding hydrogens is 337 g/mol. The van der Waals surface area contributed by atoms with Crippen molar-refractivity contribution in [2.75, 3.05) is 40.3 Å². The van der Waals surface area contributed by atoms with Crippen molar-refractivity contribution in [3.63, 3.8) is 0 Å². The van der Waals surface area contributed by atoms with Gasteiger partial charge in [0.2, 0.25) is 0 Å². The van der Waals surface area contributed by atoms with Gasteiger partial charge in [-0.15, -0.1) is 0 Å². The third-order valence-electron chi connectivity index (χ3n) is 3.60. The number of hydrogen-bond donors (Lipinski definition) is 1. The van der Waals surface area contributed by atoms with Crippen LogP contribution >= 0.6 is 22.6 Å². The van der Waals surface area contributed by atoms with Gasteiger partial charge < -0.3 is 10.2 Å². The van der Waals surface area contributed by atoms with E-state index in [0.717, 1.165) is 19.6 Å². The zero-order valence-electron chi connectivity index (χ0n) is 11.2. The molecule has 1 aromatic rings. The lowest BCUT2D eigenvalue weighted by Gasteiger charge is -2.37. The van der Waals surface area contributed by atoms with E-state index < -0.39 is 0 Å². The maximum Gasteiger partial charge on any atom is 0.0345 e. The molecule has 1 atom stereocenters. The van der Waals surface area contributed by atoms with E-state index in [1.165, 1.54) is 22.2 Å². The van der Waals surface area contributed by atoms with E-state index in [0.29, 0.717) is 6.04 Å².